The van der Waals surface area contributed by atoms with Gasteiger partial charge in [0.2, 0.25) is 5.75 Å². The molecule has 0 aliphatic rings. The van der Waals surface area contributed by atoms with Crippen LogP contribution < -0.4 is 19.6 Å². The summed E-state index contributed by atoms with van der Waals surface area (Å²) >= 11 is 0. The number of aromatic nitrogens is 1. The van der Waals surface area contributed by atoms with Crippen molar-refractivity contribution >= 4 is 11.6 Å². The molecule has 2 aromatic carbocycles. The fourth-order valence-electron chi connectivity index (χ4n) is 3.06. The first-order chi connectivity index (χ1) is 15.7. The minimum absolute atomic E-state index is 0.345. The predicted molar refractivity (Wildman–Crippen MR) is 124 cm³/mol. The van der Waals surface area contributed by atoms with Crippen LogP contribution in [0.1, 0.15) is 42.4 Å². The summed E-state index contributed by atoms with van der Waals surface area (Å²) in [6.45, 7) is 6.90. The minimum atomic E-state index is -0.403. The van der Waals surface area contributed by atoms with Gasteiger partial charge >= 0.3 is 0 Å². The summed E-state index contributed by atoms with van der Waals surface area (Å²) < 4.78 is 17.1. The SMILES string of the molecule is CCOc1cc(C(=O)N/N=C(/c2ccccc2)c2ccccn2)cc(OCC)c1OCC. The van der Waals surface area contributed by atoms with Gasteiger partial charge in [0.05, 0.1) is 25.5 Å². The number of carbonyl (C=O) groups is 1. The van der Waals surface area contributed by atoms with Crippen molar-refractivity contribution in [2.75, 3.05) is 19.8 Å². The Labute approximate surface area is 188 Å². The van der Waals surface area contributed by atoms with Gasteiger partial charge < -0.3 is 14.2 Å². The summed E-state index contributed by atoms with van der Waals surface area (Å²) in [4.78, 5) is 17.4. The minimum Gasteiger partial charge on any atom is -0.490 e. The van der Waals surface area contributed by atoms with Gasteiger partial charge in [0.15, 0.2) is 11.5 Å². The number of rotatable bonds is 10. The van der Waals surface area contributed by atoms with Gasteiger partial charge in [-0.25, -0.2) is 5.43 Å². The van der Waals surface area contributed by atoms with E-state index >= 15 is 0 Å². The van der Waals surface area contributed by atoms with Crippen molar-refractivity contribution in [2.24, 2.45) is 5.10 Å². The molecule has 1 N–H and O–H groups in total. The molecule has 0 aliphatic carbocycles. The van der Waals surface area contributed by atoms with Crippen LogP contribution in [-0.2, 0) is 0 Å². The van der Waals surface area contributed by atoms with E-state index in [2.05, 4.69) is 15.5 Å². The molecular weight excluding hydrogens is 406 g/mol. The third-order valence-corrected chi connectivity index (χ3v) is 4.40. The lowest BCUT2D eigenvalue weighted by Crippen LogP contribution is -2.21. The molecule has 7 nitrogen and oxygen atoms in total. The zero-order valence-corrected chi connectivity index (χ0v) is 18.5. The number of hydrogen-bond donors (Lipinski definition) is 1. The zero-order valence-electron chi connectivity index (χ0n) is 18.5. The fourth-order valence-corrected chi connectivity index (χ4v) is 3.06. The van der Waals surface area contributed by atoms with Crippen LogP contribution in [0.2, 0.25) is 0 Å². The molecule has 1 amide bonds. The van der Waals surface area contributed by atoms with E-state index in [1.54, 1.807) is 18.3 Å². The molecule has 0 bridgehead atoms. The Bertz CT molecular complexity index is 985. The summed E-state index contributed by atoms with van der Waals surface area (Å²) in [7, 11) is 0. The van der Waals surface area contributed by atoms with Crippen molar-refractivity contribution in [3.63, 3.8) is 0 Å². The van der Waals surface area contributed by atoms with Gasteiger partial charge in [0, 0.05) is 17.3 Å². The summed E-state index contributed by atoms with van der Waals surface area (Å²) in [6, 6.07) is 18.4. The maximum absolute atomic E-state index is 13.0. The lowest BCUT2D eigenvalue weighted by Gasteiger charge is -2.16. The van der Waals surface area contributed by atoms with Crippen molar-refractivity contribution in [3.8, 4) is 17.2 Å². The second-order valence-electron chi connectivity index (χ2n) is 6.58. The van der Waals surface area contributed by atoms with Crippen molar-refractivity contribution in [1.29, 1.82) is 0 Å². The van der Waals surface area contributed by atoms with Crippen molar-refractivity contribution in [1.82, 2.24) is 10.4 Å². The maximum atomic E-state index is 13.0. The predicted octanol–water partition coefficient (Wildman–Crippen LogP) is 4.46. The second-order valence-corrected chi connectivity index (χ2v) is 6.58. The van der Waals surface area contributed by atoms with E-state index in [-0.39, 0.29) is 0 Å². The zero-order chi connectivity index (χ0) is 22.8. The average Bonchev–Trinajstić information content (AvgIpc) is 2.82. The number of amides is 1. The van der Waals surface area contributed by atoms with Crippen LogP contribution in [0.4, 0.5) is 0 Å². The molecule has 1 aromatic heterocycles. The number of ether oxygens (including phenoxy) is 3. The van der Waals surface area contributed by atoms with Gasteiger partial charge in [-0.3, -0.25) is 9.78 Å². The highest BCUT2D eigenvalue weighted by molar-refractivity contribution is 6.12. The standard InChI is InChI=1S/C25H27N3O4/c1-4-30-21-16-19(17-22(31-5-2)24(21)32-6-3)25(29)28-27-23(18-12-8-7-9-13-18)20-14-10-11-15-26-20/h7-17H,4-6H2,1-3H3,(H,28,29)/b27-23-. The molecule has 0 atom stereocenters. The Morgan fingerprint density at radius 1 is 0.844 bits per heavy atom. The highest BCUT2D eigenvalue weighted by Gasteiger charge is 2.19. The smallest absolute Gasteiger partial charge is 0.271 e. The molecule has 1 heterocycles. The molecule has 0 radical (unpaired) electrons. The summed E-state index contributed by atoms with van der Waals surface area (Å²) in [5.41, 5.74) is 5.03. The van der Waals surface area contributed by atoms with E-state index in [4.69, 9.17) is 14.2 Å². The Morgan fingerprint density at radius 3 is 2.03 bits per heavy atom. The van der Waals surface area contributed by atoms with Gasteiger partial charge in [-0.1, -0.05) is 36.4 Å². The third-order valence-electron chi connectivity index (χ3n) is 4.40. The first-order valence-electron chi connectivity index (χ1n) is 10.6. The molecule has 0 aliphatic heterocycles. The normalized spacial score (nSPS) is 11.0. The second kappa shape index (κ2) is 11.5. The van der Waals surface area contributed by atoms with Crippen LogP contribution in [-0.4, -0.2) is 36.4 Å². The summed E-state index contributed by atoms with van der Waals surface area (Å²) in [5, 5.41) is 4.39. The molecule has 7 heteroatoms. The van der Waals surface area contributed by atoms with Gasteiger partial charge in [0.25, 0.3) is 5.91 Å². The highest BCUT2D eigenvalue weighted by Crippen LogP contribution is 2.39. The van der Waals surface area contributed by atoms with Crippen LogP contribution >= 0.6 is 0 Å². The van der Waals surface area contributed by atoms with Gasteiger partial charge in [-0.15, -0.1) is 0 Å². The van der Waals surface area contributed by atoms with Crippen LogP contribution in [0.15, 0.2) is 72.0 Å². The first-order valence-corrected chi connectivity index (χ1v) is 10.6. The molecule has 0 saturated carbocycles. The molecule has 0 fully saturated rings. The number of nitrogens with one attached hydrogen (secondary N) is 1. The number of nitrogens with zero attached hydrogens (tertiary/aromatic N) is 2. The molecular formula is C25H27N3O4. The first kappa shape index (κ1) is 22.8. The molecule has 3 rings (SSSR count). The van der Waals surface area contributed by atoms with Gasteiger partial charge in [-0.05, 0) is 45.0 Å². The number of benzene rings is 2. The Morgan fingerprint density at radius 2 is 1.47 bits per heavy atom. The lowest BCUT2D eigenvalue weighted by molar-refractivity contribution is 0.0953. The topological polar surface area (TPSA) is 82.0 Å². The van der Waals surface area contributed by atoms with Crippen LogP contribution in [0, 0.1) is 0 Å². The Balaban J connectivity index is 1.96. The number of hydrogen-bond acceptors (Lipinski definition) is 6. The lowest BCUT2D eigenvalue weighted by atomic mass is 10.1. The Hall–Kier alpha value is -3.87. The summed E-state index contributed by atoms with van der Waals surface area (Å²) in [5.74, 6) is 0.971. The number of carbonyl (C=O) groups excluding carboxylic acids is 1. The summed E-state index contributed by atoms with van der Waals surface area (Å²) in [6.07, 6.45) is 1.69. The number of pyridine rings is 1. The third kappa shape index (κ3) is 5.63. The van der Waals surface area contributed by atoms with Gasteiger partial charge in [-0.2, -0.15) is 5.10 Å². The molecule has 0 saturated heterocycles. The molecule has 0 unspecified atom stereocenters. The largest absolute Gasteiger partial charge is 0.490 e. The van der Waals surface area contributed by atoms with E-state index in [0.717, 1.165) is 5.56 Å². The van der Waals surface area contributed by atoms with E-state index in [1.165, 1.54) is 0 Å². The highest BCUT2D eigenvalue weighted by atomic mass is 16.5. The van der Waals surface area contributed by atoms with E-state index in [0.29, 0.717) is 54.0 Å². The monoisotopic (exact) mass is 433 g/mol. The van der Waals surface area contributed by atoms with Crippen LogP contribution in [0.3, 0.4) is 0 Å². The maximum Gasteiger partial charge on any atom is 0.271 e. The van der Waals surface area contributed by atoms with E-state index < -0.39 is 5.91 Å². The average molecular weight is 434 g/mol. The molecule has 32 heavy (non-hydrogen) atoms. The van der Waals surface area contributed by atoms with Crippen molar-refractivity contribution in [2.45, 2.75) is 20.8 Å². The number of hydrazone groups is 1. The molecule has 0 spiro atoms. The van der Waals surface area contributed by atoms with E-state index in [9.17, 15) is 4.79 Å². The fraction of sp³-hybridized carbons (Fsp3) is 0.240. The van der Waals surface area contributed by atoms with E-state index in [1.807, 2.05) is 69.3 Å². The quantitative estimate of drug-likeness (QED) is 0.377. The molecule has 166 valence electrons. The van der Waals surface area contributed by atoms with Gasteiger partial charge in [0.1, 0.15) is 5.71 Å². The van der Waals surface area contributed by atoms with Crippen molar-refractivity contribution in [3.05, 3.63) is 83.7 Å². The van der Waals surface area contributed by atoms with Crippen LogP contribution in [0.5, 0.6) is 17.2 Å². The Kier molecular flexibility index (Phi) is 8.20. The molecule has 3 aromatic rings. The van der Waals surface area contributed by atoms with Crippen LogP contribution in [0.25, 0.3) is 0 Å². The van der Waals surface area contributed by atoms with Crippen molar-refractivity contribution < 1.29 is 19.0 Å².